The molecule has 0 saturated heterocycles. The van der Waals surface area contributed by atoms with Crippen LogP contribution in [0.25, 0.3) is 0 Å². The van der Waals surface area contributed by atoms with E-state index in [1.54, 1.807) is 0 Å². The van der Waals surface area contributed by atoms with Crippen molar-refractivity contribution in [1.82, 2.24) is 0 Å². The van der Waals surface area contributed by atoms with Crippen LogP contribution in [0.1, 0.15) is 111 Å². The van der Waals surface area contributed by atoms with Gasteiger partial charge in [-0.15, -0.1) is 0 Å². The summed E-state index contributed by atoms with van der Waals surface area (Å²) >= 11 is 0. The SMILES string of the molecule is CCCCCCCCCCCCOC(=O)CC(=O)OC(CC)CCC. The fourth-order valence-electron chi connectivity index (χ4n) is 2.84. The van der Waals surface area contributed by atoms with E-state index >= 15 is 0 Å². The fraction of sp³-hybridized carbons (Fsp3) is 0.905. The van der Waals surface area contributed by atoms with Gasteiger partial charge in [0, 0.05) is 0 Å². The molecule has 0 aromatic carbocycles. The quantitative estimate of drug-likeness (QED) is 0.183. The number of rotatable bonds is 17. The van der Waals surface area contributed by atoms with Gasteiger partial charge in [0.05, 0.1) is 6.61 Å². The van der Waals surface area contributed by atoms with Crippen molar-refractivity contribution in [2.75, 3.05) is 6.61 Å². The monoisotopic (exact) mass is 356 g/mol. The second-order valence-corrected chi connectivity index (χ2v) is 6.89. The molecular weight excluding hydrogens is 316 g/mol. The number of hydrogen-bond donors (Lipinski definition) is 0. The molecule has 0 saturated carbocycles. The highest BCUT2D eigenvalue weighted by Crippen LogP contribution is 2.11. The molecule has 0 bridgehead atoms. The van der Waals surface area contributed by atoms with E-state index in [4.69, 9.17) is 9.47 Å². The first-order valence-electron chi connectivity index (χ1n) is 10.5. The van der Waals surface area contributed by atoms with Gasteiger partial charge in [-0.1, -0.05) is 85.0 Å². The largest absolute Gasteiger partial charge is 0.465 e. The summed E-state index contributed by atoms with van der Waals surface area (Å²) in [5.41, 5.74) is 0. The van der Waals surface area contributed by atoms with Gasteiger partial charge in [0.15, 0.2) is 0 Å². The minimum Gasteiger partial charge on any atom is -0.465 e. The summed E-state index contributed by atoms with van der Waals surface area (Å²) in [7, 11) is 0. The summed E-state index contributed by atoms with van der Waals surface area (Å²) in [5, 5.41) is 0. The molecule has 0 fully saturated rings. The van der Waals surface area contributed by atoms with Gasteiger partial charge in [0.1, 0.15) is 12.5 Å². The van der Waals surface area contributed by atoms with Crippen molar-refractivity contribution in [1.29, 1.82) is 0 Å². The molecule has 148 valence electrons. The fourth-order valence-corrected chi connectivity index (χ4v) is 2.84. The van der Waals surface area contributed by atoms with Gasteiger partial charge >= 0.3 is 11.9 Å². The van der Waals surface area contributed by atoms with Gasteiger partial charge in [-0.3, -0.25) is 9.59 Å². The first-order valence-corrected chi connectivity index (χ1v) is 10.5. The molecule has 0 heterocycles. The summed E-state index contributed by atoms with van der Waals surface area (Å²) in [4.78, 5) is 23.3. The third kappa shape index (κ3) is 16.2. The lowest BCUT2D eigenvalue weighted by atomic mass is 10.1. The van der Waals surface area contributed by atoms with Gasteiger partial charge in [-0.25, -0.2) is 0 Å². The van der Waals surface area contributed by atoms with E-state index in [0.717, 1.165) is 32.1 Å². The van der Waals surface area contributed by atoms with Crippen LogP contribution in [-0.4, -0.2) is 24.6 Å². The molecule has 0 radical (unpaired) electrons. The molecule has 0 rings (SSSR count). The topological polar surface area (TPSA) is 52.6 Å². The molecule has 0 aliphatic carbocycles. The Bertz CT molecular complexity index is 328. The molecule has 1 atom stereocenters. The second kappa shape index (κ2) is 17.8. The lowest BCUT2D eigenvalue weighted by Crippen LogP contribution is -2.20. The number of carbonyl (C=O) groups is 2. The summed E-state index contributed by atoms with van der Waals surface area (Å²) in [6, 6.07) is 0. The highest BCUT2D eigenvalue weighted by molar-refractivity contribution is 5.91. The van der Waals surface area contributed by atoms with E-state index in [0.29, 0.717) is 6.61 Å². The molecule has 0 N–H and O–H groups in total. The van der Waals surface area contributed by atoms with E-state index in [1.807, 2.05) is 6.92 Å². The van der Waals surface area contributed by atoms with Crippen molar-refractivity contribution in [3.8, 4) is 0 Å². The van der Waals surface area contributed by atoms with Crippen molar-refractivity contribution >= 4 is 11.9 Å². The van der Waals surface area contributed by atoms with Crippen LogP contribution < -0.4 is 0 Å². The summed E-state index contributed by atoms with van der Waals surface area (Å²) in [6.45, 7) is 6.69. The molecule has 25 heavy (non-hydrogen) atoms. The highest BCUT2D eigenvalue weighted by atomic mass is 16.6. The first kappa shape index (κ1) is 23.9. The maximum absolute atomic E-state index is 11.7. The predicted molar refractivity (Wildman–Crippen MR) is 102 cm³/mol. The third-order valence-electron chi connectivity index (χ3n) is 4.41. The van der Waals surface area contributed by atoms with Gasteiger partial charge in [-0.05, 0) is 19.3 Å². The van der Waals surface area contributed by atoms with Crippen LogP contribution in [0.5, 0.6) is 0 Å². The molecule has 0 amide bonds. The van der Waals surface area contributed by atoms with Crippen LogP contribution >= 0.6 is 0 Å². The Morgan fingerprint density at radius 2 is 1.28 bits per heavy atom. The molecule has 0 spiro atoms. The molecule has 0 aliphatic rings. The molecule has 4 nitrogen and oxygen atoms in total. The number of esters is 2. The van der Waals surface area contributed by atoms with Crippen LogP contribution in [0.4, 0.5) is 0 Å². The van der Waals surface area contributed by atoms with E-state index in [9.17, 15) is 9.59 Å². The van der Waals surface area contributed by atoms with Crippen LogP contribution in [0.2, 0.25) is 0 Å². The van der Waals surface area contributed by atoms with Crippen molar-refractivity contribution in [3.63, 3.8) is 0 Å². The van der Waals surface area contributed by atoms with Gasteiger partial charge in [0.25, 0.3) is 0 Å². The average Bonchev–Trinajstić information content (AvgIpc) is 2.59. The molecule has 0 aliphatic heterocycles. The van der Waals surface area contributed by atoms with E-state index in [-0.39, 0.29) is 12.5 Å². The van der Waals surface area contributed by atoms with Crippen LogP contribution in [0.3, 0.4) is 0 Å². The number of carbonyl (C=O) groups excluding carboxylic acids is 2. The van der Waals surface area contributed by atoms with Gasteiger partial charge < -0.3 is 9.47 Å². The zero-order valence-electron chi connectivity index (χ0n) is 16.8. The number of hydrogen-bond acceptors (Lipinski definition) is 4. The molecular formula is C21H40O4. The number of unbranched alkanes of at least 4 members (excludes halogenated alkanes) is 9. The average molecular weight is 357 g/mol. The highest BCUT2D eigenvalue weighted by Gasteiger charge is 2.16. The standard InChI is InChI=1S/C21H40O4/c1-4-7-8-9-10-11-12-13-14-15-17-24-20(22)18-21(23)25-19(6-3)16-5-2/h19H,4-18H2,1-3H3. The Morgan fingerprint density at radius 1 is 0.720 bits per heavy atom. The van der Waals surface area contributed by atoms with E-state index < -0.39 is 11.9 Å². The van der Waals surface area contributed by atoms with Gasteiger partial charge in [-0.2, -0.15) is 0 Å². The normalized spacial score (nSPS) is 12.0. The Labute approximate surface area is 155 Å². The first-order chi connectivity index (χ1) is 12.1. The molecule has 4 heteroatoms. The summed E-state index contributed by atoms with van der Waals surface area (Å²) in [6.07, 6.45) is 14.7. The molecule has 1 unspecified atom stereocenters. The summed E-state index contributed by atoms with van der Waals surface area (Å²) in [5.74, 6) is -0.930. The summed E-state index contributed by atoms with van der Waals surface area (Å²) < 4.78 is 10.4. The Morgan fingerprint density at radius 3 is 1.80 bits per heavy atom. The molecule has 0 aromatic rings. The van der Waals surface area contributed by atoms with E-state index in [2.05, 4.69) is 13.8 Å². The Kier molecular flexibility index (Phi) is 17.0. The third-order valence-corrected chi connectivity index (χ3v) is 4.41. The Hall–Kier alpha value is -1.06. The van der Waals surface area contributed by atoms with Crippen LogP contribution in [0.15, 0.2) is 0 Å². The zero-order valence-corrected chi connectivity index (χ0v) is 16.8. The van der Waals surface area contributed by atoms with Gasteiger partial charge in [0.2, 0.25) is 0 Å². The molecule has 0 aromatic heterocycles. The Balaban J connectivity index is 3.47. The smallest absolute Gasteiger partial charge is 0.317 e. The zero-order chi connectivity index (χ0) is 18.8. The van der Waals surface area contributed by atoms with Crippen LogP contribution in [0, 0.1) is 0 Å². The predicted octanol–water partition coefficient (Wildman–Crippen LogP) is 5.96. The lowest BCUT2D eigenvalue weighted by Gasteiger charge is -2.14. The number of ether oxygens (including phenoxy) is 2. The van der Waals surface area contributed by atoms with Crippen molar-refractivity contribution in [3.05, 3.63) is 0 Å². The van der Waals surface area contributed by atoms with Crippen molar-refractivity contribution < 1.29 is 19.1 Å². The van der Waals surface area contributed by atoms with Crippen molar-refractivity contribution in [2.24, 2.45) is 0 Å². The maximum Gasteiger partial charge on any atom is 0.317 e. The minimum atomic E-state index is -0.465. The van der Waals surface area contributed by atoms with E-state index in [1.165, 1.54) is 51.4 Å². The lowest BCUT2D eigenvalue weighted by molar-refractivity contribution is -0.158. The van der Waals surface area contributed by atoms with Crippen LogP contribution in [-0.2, 0) is 19.1 Å². The van der Waals surface area contributed by atoms with Crippen molar-refractivity contribution in [2.45, 2.75) is 117 Å². The second-order valence-electron chi connectivity index (χ2n) is 6.89. The minimum absolute atomic E-state index is 0.0766. The maximum atomic E-state index is 11.7.